The van der Waals surface area contributed by atoms with Crippen molar-refractivity contribution in [1.82, 2.24) is 10.2 Å². The van der Waals surface area contributed by atoms with Gasteiger partial charge in [0.25, 0.3) is 0 Å². The van der Waals surface area contributed by atoms with E-state index in [9.17, 15) is 9.59 Å². The second-order valence-corrected chi connectivity index (χ2v) is 10.5. The van der Waals surface area contributed by atoms with E-state index in [4.69, 9.17) is 9.73 Å². The topological polar surface area (TPSA) is 71.0 Å². The molecule has 0 bridgehead atoms. The summed E-state index contributed by atoms with van der Waals surface area (Å²) in [6.45, 7) is 10.9. The maximum atomic E-state index is 13.6. The number of carbonyl (C=O) groups excluding carboxylic acids is 2. The van der Waals surface area contributed by atoms with E-state index >= 15 is 0 Å². The fourth-order valence-electron chi connectivity index (χ4n) is 4.33. The van der Waals surface area contributed by atoms with Gasteiger partial charge < -0.3 is 15.0 Å². The van der Waals surface area contributed by atoms with Crippen molar-refractivity contribution >= 4 is 28.8 Å². The number of amides is 1. The fraction of sp³-hybridized carbons (Fsp3) is 0.345. The number of allylic oxidation sites excluding steroid dienone is 1. The van der Waals surface area contributed by atoms with Gasteiger partial charge in [0.1, 0.15) is 6.61 Å². The molecular weight excluding hydrogens is 470 g/mol. The van der Waals surface area contributed by atoms with E-state index < -0.39 is 12.0 Å². The van der Waals surface area contributed by atoms with Gasteiger partial charge in [-0.05, 0) is 48.8 Å². The largest absolute Gasteiger partial charge is 0.457 e. The van der Waals surface area contributed by atoms with Crippen LogP contribution in [0.3, 0.4) is 0 Å². The zero-order valence-electron chi connectivity index (χ0n) is 21.5. The van der Waals surface area contributed by atoms with Crippen LogP contribution in [0.15, 0.2) is 75.9 Å². The quantitative estimate of drug-likeness (QED) is 0.462. The van der Waals surface area contributed by atoms with Crippen LogP contribution in [0.2, 0.25) is 0 Å². The molecule has 1 N–H and O–H groups in total. The van der Waals surface area contributed by atoms with Gasteiger partial charge >= 0.3 is 5.97 Å². The summed E-state index contributed by atoms with van der Waals surface area (Å²) in [6, 6.07) is 15.5. The highest BCUT2D eigenvalue weighted by Crippen LogP contribution is 2.45. The van der Waals surface area contributed by atoms with Crippen molar-refractivity contribution in [2.24, 2.45) is 10.9 Å². The van der Waals surface area contributed by atoms with Crippen molar-refractivity contribution in [1.29, 1.82) is 0 Å². The Morgan fingerprint density at radius 2 is 1.86 bits per heavy atom. The molecule has 2 aliphatic rings. The Balaban J connectivity index is 1.69. The van der Waals surface area contributed by atoms with Crippen LogP contribution < -0.4 is 5.32 Å². The smallest absolute Gasteiger partial charge is 0.338 e. The van der Waals surface area contributed by atoms with Crippen molar-refractivity contribution < 1.29 is 14.3 Å². The molecule has 0 unspecified atom stereocenters. The third-order valence-electron chi connectivity index (χ3n) is 6.21. The number of hydrogen-bond acceptors (Lipinski definition) is 6. The molecular formula is C29H33N3O3S. The number of fused-ring (bicyclic) bond motifs is 1. The molecule has 6 nitrogen and oxygen atoms in total. The minimum absolute atomic E-state index is 0.0454. The first kappa shape index (κ1) is 25.8. The number of rotatable bonds is 8. The zero-order chi connectivity index (χ0) is 25.8. The van der Waals surface area contributed by atoms with E-state index in [0.29, 0.717) is 23.7 Å². The van der Waals surface area contributed by atoms with E-state index in [1.54, 1.807) is 0 Å². The monoisotopic (exact) mass is 503 g/mol. The molecule has 7 heteroatoms. The van der Waals surface area contributed by atoms with E-state index in [1.807, 2.05) is 61.4 Å². The SMILES string of the molecule is CC1=C(C(=O)OCc2ccccc2)[C@H](c2cc(C)ccc2C)N2C(CC(=O)NCC(C)C)=CSC2=N1. The number of amidine groups is 1. The van der Waals surface area contributed by atoms with Gasteiger partial charge in [0, 0.05) is 12.2 Å². The van der Waals surface area contributed by atoms with Gasteiger partial charge in [-0.25, -0.2) is 9.79 Å². The second-order valence-electron chi connectivity index (χ2n) is 9.69. The first-order valence-corrected chi connectivity index (χ1v) is 13.1. The van der Waals surface area contributed by atoms with E-state index in [0.717, 1.165) is 33.1 Å². The lowest BCUT2D eigenvalue weighted by atomic mass is 9.90. The lowest BCUT2D eigenvalue weighted by Crippen LogP contribution is -2.38. The standard InChI is InChI=1S/C29H33N3O3S/c1-18(2)15-30-25(33)14-23-17-36-29-31-21(5)26(28(34)35-16-22-9-7-6-8-10-22)27(32(23)29)24-13-19(3)11-12-20(24)4/h6-13,17-18,27H,14-16H2,1-5H3,(H,30,33)/t27-/m0/s1. The van der Waals surface area contributed by atoms with Crippen LogP contribution >= 0.6 is 11.8 Å². The molecule has 0 saturated carbocycles. The average molecular weight is 504 g/mol. The maximum Gasteiger partial charge on any atom is 0.338 e. The summed E-state index contributed by atoms with van der Waals surface area (Å²) in [5, 5.41) is 5.74. The Morgan fingerprint density at radius 3 is 2.58 bits per heavy atom. The fourth-order valence-corrected chi connectivity index (χ4v) is 5.29. The minimum atomic E-state index is -0.431. The summed E-state index contributed by atoms with van der Waals surface area (Å²) in [5.41, 5.74) is 6.05. The molecule has 2 aromatic carbocycles. The van der Waals surface area contributed by atoms with Gasteiger partial charge in [0.2, 0.25) is 5.91 Å². The number of aryl methyl sites for hydroxylation is 2. The molecule has 0 fully saturated rings. The molecule has 36 heavy (non-hydrogen) atoms. The lowest BCUT2D eigenvalue weighted by Gasteiger charge is -2.37. The highest BCUT2D eigenvalue weighted by molar-refractivity contribution is 8.16. The number of esters is 1. The van der Waals surface area contributed by atoms with Crippen LogP contribution in [-0.4, -0.2) is 28.5 Å². The first-order valence-electron chi connectivity index (χ1n) is 12.2. The predicted molar refractivity (Wildman–Crippen MR) is 145 cm³/mol. The van der Waals surface area contributed by atoms with E-state index in [1.165, 1.54) is 11.8 Å². The van der Waals surface area contributed by atoms with Crippen LogP contribution in [0.1, 0.15) is 55.5 Å². The summed E-state index contributed by atoms with van der Waals surface area (Å²) in [6.07, 6.45) is 0.214. The molecule has 1 atom stereocenters. The summed E-state index contributed by atoms with van der Waals surface area (Å²) in [5.74, 6) is -0.0752. The Morgan fingerprint density at radius 1 is 1.11 bits per heavy atom. The van der Waals surface area contributed by atoms with Gasteiger partial charge in [-0.2, -0.15) is 0 Å². The lowest BCUT2D eigenvalue weighted by molar-refractivity contribution is -0.141. The molecule has 4 rings (SSSR count). The molecule has 2 aromatic rings. The molecule has 0 aliphatic carbocycles. The van der Waals surface area contributed by atoms with Gasteiger partial charge in [0.15, 0.2) is 5.17 Å². The van der Waals surface area contributed by atoms with Crippen LogP contribution in [0.25, 0.3) is 0 Å². The van der Waals surface area contributed by atoms with Crippen LogP contribution in [0.4, 0.5) is 0 Å². The summed E-state index contributed by atoms with van der Waals surface area (Å²) in [7, 11) is 0. The highest BCUT2D eigenvalue weighted by Gasteiger charge is 2.41. The summed E-state index contributed by atoms with van der Waals surface area (Å²) < 4.78 is 5.79. The summed E-state index contributed by atoms with van der Waals surface area (Å²) in [4.78, 5) is 33.1. The van der Waals surface area contributed by atoms with Crippen molar-refractivity contribution in [2.75, 3.05) is 6.54 Å². The van der Waals surface area contributed by atoms with Crippen molar-refractivity contribution in [3.05, 3.63) is 93.2 Å². The number of ether oxygens (including phenoxy) is 1. The molecule has 0 aromatic heterocycles. The van der Waals surface area contributed by atoms with Crippen LogP contribution in [0, 0.1) is 19.8 Å². The number of aliphatic imine (C=N–C) groups is 1. The Hall–Kier alpha value is -3.32. The van der Waals surface area contributed by atoms with Crippen molar-refractivity contribution in [3.63, 3.8) is 0 Å². The Labute approximate surface area is 217 Å². The number of hydrogen-bond donors (Lipinski definition) is 1. The molecule has 2 aliphatic heterocycles. The molecule has 188 valence electrons. The zero-order valence-corrected chi connectivity index (χ0v) is 22.3. The third kappa shape index (κ3) is 5.73. The molecule has 1 amide bonds. The van der Waals surface area contributed by atoms with E-state index in [2.05, 4.69) is 37.4 Å². The number of nitrogens with zero attached hydrogens (tertiary/aromatic N) is 2. The molecule has 2 heterocycles. The third-order valence-corrected chi connectivity index (χ3v) is 7.10. The Kier molecular flexibility index (Phi) is 7.99. The van der Waals surface area contributed by atoms with Gasteiger partial charge in [-0.15, -0.1) is 0 Å². The molecule has 0 spiro atoms. The van der Waals surface area contributed by atoms with Gasteiger partial charge in [-0.1, -0.05) is 79.7 Å². The van der Waals surface area contributed by atoms with Crippen LogP contribution in [-0.2, 0) is 20.9 Å². The van der Waals surface area contributed by atoms with Gasteiger partial charge in [0.05, 0.1) is 23.7 Å². The molecule has 0 radical (unpaired) electrons. The highest BCUT2D eigenvalue weighted by atomic mass is 32.2. The number of thioether (sulfide) groups is 1. The first-order chi connectivity index (χ1) is 17.2. The normalized spacial score (nSPS) is 17.1. The predicted octanol–water partition coefficient (Wildman–Crippen LogP) is 5.78. The van der Waals surface area contributed by atoms with E-state index in [-0.39, 0.29) is 18.9 Å². The number of carbonyl (C=O) groups is 2. The summed E-state index contributed by atoms with van der Waals surface area (Å²) >= 11 is 1.48. The second kappa shape index (κ2) is 11.2. The Bertz CT molecular complexity index is 1250. The van der Waals surface area contributed by atoms with Gasteiger partial charge in [-0.3, -0.25) is 4.79 Å². The van der Waals surface area contributed by atoms with Crippen molar-refractivity contribution in [2.45, 2.75) is 53.7 Å². The minimum Gasteiger partial charge on any atom is -0.457 e. The maximum absolute atomic E-state index is 13.6. The number of nitrogens with one attached hydrogen (secondary N) is 1. The molecule has 0 saturated heterocycles. The average Bonchev–Trinajstić information content (AvgIpc) is 3.24. The van der Waals surface area contributed by atoms with Crippen molar-refractivity contribution in [3.8, 4) is 0 Å². The number of benzene rings is 2. The van der Waals surface area contributed by atoms with Crippen LogP contribution in [0.5, 0.6) is 0 Å².